The lowest BCUT2D eigenvalue weighted by molar-refractivity contribution is -0.135. The van der Waals surface area contributed by atoms with Crippen LogP contribution in [0.2, 0.25) is 0 Å². The van der Waals surface area contributed by atoms with Gasteiger partial charge in [-0.1, -0.05) is 32.0 Å². The van der Waals surface area contributed by atoms with Gasteiger partial charge in [0.1, 0.15) is 18.9 Å². The molecule has 0 aliphatic carbocycles. The third-order valence-electron chi connectivity index (χ3n) is 7.60. The van der Waals surface area contributed by atoms with Crippen LogP contribution in [0.25, 0.3) is 0 Å². The maximum Gasteiger partial charge on any atom is 0.264 e. The summed E-state index contributed by atoms with van der Waals surface area (Å²) in [6, 6.07) is 13.9. The highest BCUT2D eigenvalue weighted by Gasteiger charge is 2.34. The molecular formula is C30H37N3O3S2. The highest BCUT2D eigenvalue weighted by Crippen LogP contribution is 2.34. The Morgan fingerprint density at radius 1 is 1.03 bits per heavy atom. The Bertz CT molecular complexity index is 1200. The van der Waals surface area contributed by atoms with Crippen molar-refractivity contribution in [2.45, 2.75) is 45.1 Å². The van der Waals surface area contributed by atoms with Gasteiger partial charge in [-0.15, -0.1) is 22.7 Å². The minimum absolute atomic E-state index is 0.0167. The fourth-order valence-electron chi connectivity index (χ4n) is 5.33. The van der Waals surface area contributed by atoms with E-state index in [-0.39, 0.29) is 24.4 Å². The van der Waals surface area contributed by atoms with Crippen LogP contribution in [0.15, 0.2) is 53.2 Å². The van der Waals surface area contributed by atoms with Crippen molar-refractivity contribution in [3.63, 3.8) is 0 Å². The number of nitrogens with zero attached hydrogens (tertiary/aromatic N) is 3. The fraction of sp³-hybridized carbons (Fsp3) is 0.467. The Hall–Kier alpha value is -2.68. The van der Waals surface area contributed by atoms with Crippen molar-refractivity contribution in [3.8, 4) is 5.75 Å². The Labute approximate surface area is 233 Å². The van der Waals surface area contributed by atoms with Gasteiger partial charge in [-0.2, -0.15) is 0 Å². The summed E-state index contributed by atoms with van der Waals surface area (Å²) in [5, 5.41) is 4.02. The summed E-state index contributed by atoms with van der Waals surface area (Å²) >= 11 is 3.18. The molecule has 38 heavy (non-hydrogen) atoms. The summed E-state index contributed by atoms with van der Waals surface area (Å²) in [6.07, 6.45) is 3.25. The molecule has 1 saturated heterocycles. The summed E-state index contributed by atoms with van der Waals surface area (Å²) in [6.45, 7) is 8.97. The van der Waals surface area contributed by atoms with Gasteiger partial charge in [0.05, 0.1) is 10.9 Å². The topological polar surface area (TPSA) is 53.1 Å². The molecule has 0 radical (unpaired) electrons. The molecule has 8 heteroatoms. The predicted molar refractivity (Wildman–Crippen MR) is 154 cm³/mol. The van der Waals surface area contributed by atoms with E-state index in [4.69, 9.17) is 4.74 Å². The number of ether oxygens (including phenoxy) is 1. The summed E-state index contributed by atoms with van der Waals surface area (Å²) in [5.41, 5.74) is 2.44. The van der Waals surface area contributed by atoms with E-state index in [1.54, 1.807) is 16.2 Å². The van der Waals surface area contributed by atoms with Gasteiger partial charge in [0.15, 0.2) is 0 Å². The largest absolute Gasteiger partial charge is 0.491 e. The summed E-state index contributed by atoms with van der Waals surface area (Å²) in [5.74, 6) is 1.20. The van der Waals surface area contributed by atoms with Gasteiger partial charge in [-0.3, -0.25) is 9.59 Å². The molecule has 0 saturated carbocycles. The average molecular weight is 552 g/mol. The van der Waals surface area contributed by atoms with E-state index >= 15 is 0 Å². The van der Waals surface area contributed by atoms with Gasteiger partial charge < -0.3 is 19.4 Å². The van der Waals surface area contributed by atoms with Crippen LogP contribution in [0.1, 0.15) is 64.3 Å². The molecule has 202 valence electrons. The Morgan fingerprint density at radius 3 is 2.53 bits per heavy atom. The Kier molecular flexibility index (Phi) is 8.82. The number of fused-ring (bicyclic) bond motifs is 1. The number of carbonyl (C=O) groups excluding carboxylic acids is 2. The molecule has 1 fully saturated rings. The maximum atomic E-state index is 13.8. The first-order valence-corrected chi connectivity index (χ1v) is 15.4. The van der Waals surface area contributed by atoms with Gasteiger partial charge in [0.25, 0.3) is 5.91 Å². The van der Waals surface area contributed by atoms with E-state index in [0.29, 0.717) is 30.5 Å². The number of rotatable bonds is 10. The zero-order valence-electron chi connectivity index (χ0n) is 22.3. The highest BCUT2D eigenvalue weighted by atomic mass is 32.1. The van der Waals surface area contributed by atoms with Crippen molar-refractivity contribution in [1.29, 1.82) is 0 Å². The minimum atomic E-state index is -0.167. The van der Waals surface area contributed by atoms with Gasteiger partial charge in [0, 0.05) is 24.5 Å². The molecular weight excluding hydrogens is 514 g/mol. The first kappa shape index (κ1) is 26.9. The van der Waals surface area contributed by atoms with E-state index in [1.165, 1.54) is 40.2 Å². The van der Waals surface area contributed by atoms with E-state index in [1.807, 2.05) is 34.5 Å². The second-order valence-corrected chi connectivity index (χ2v) is 12.4. The summed E-state index contributed by atoms with van der Waals surface area (Å²) < 4.78 is 6.24. The summed E-state index contributed by atoms with van der Waals surface area (Å²) in [7, 11) is 0. The third-order valence-corrected chi connectivity index (χ3v) is 9.45. The number of amides is 2. The van der Waals surface area contributed by atoms with Crippen molar-refractivity contribution < 1.29 is 14.3 Å². The van der Waals surface area contributed by atoms with Gasteiger partial charge in [-0.05, 0) is 84.4 Å². The standard InChI is InChI=1S/C30H37N3O3S2/c1-22(2)23-7-9-24(10-8-23)36-21-26-25-12-19-38-27(25)11-15-33(26)29(34)20-32(17-16-31-13-3-4-14-31)30(35)28-6-5-18-37-28/h5-10,12,18-19,22,26H,3-4,11,13-17,20-21H2,1-2H3. The number of hydrogen-bond donors (Lipinski definition) is 0. The lowest BCUT2D eigenvalue weighted by Gasteiger charge is -2.37. The van der Waals surface area contributed by atoms with Crippen LogP contribution in [0.5, 0.6) is 5.75 Å². The molecule has 0 bridgehead atoms. The lowest BCUT2D eigenvalue weighted by atomic mass is 10.00. The first-order chi connectivity index (χ1) is 18.5. The molecule has 0 N–H and O–H groups in total. The average Bonchev–Trinajstić information content (AvgIpc) is 3.72. The van der Waals surface area contributed by atoms with Crippen molar-refractivity contribution in [1.82, 2.24) is 14.7 Å². The van der Waals surface area contributed by atoms with Crippen molar-refractivity contribution in [2.24, 2.45) is 0 Å². The molecule has 1 atom stereocenters. The zero-order chi connectivity index (χ0) is 26.5. The Morgan fingerprint density at radius 2 is 1.82 bits per heavy atom. The number of carbonyl (C=O) groups is 2. The molecule has 1 aromatic carbocycles. The smallest absolute Gasteiger partial charge is 0.264 e. The second kappa shape index (κ2) is 12.5. The lowest BCUT2D eigenvalue weighted by Crippen LogP contribution is -2.49. The predicted octanol–water partition coefficient (Wildman–Crippen LogP) is 5.68. The van der Waals surface area contributed by atoms with Crippen LogP contribution in [0, 0.1) is 0 Å². The zero-order valence-corrected chi connectivity index (χ0v) is 23.9. The van der Waals surface area contributed by atoms with Crippen LogP contribution in [0.3, 0.4) is 0 Å². The van der Waals surface area contributed by atoms with Crippen LogP contribution in [0.4, 0.5) is 0 Å². The molecule has 3 aromatic rings. The molecule has 4 heterocycles. The summed E-state index contributed by atoms with van der Waals surface area (Å²) in [4.78, 5) is 35.3. The van der Waals surface area contributed by atoms with Crippen molar-refractivity contribution in [3.05, 3.63) is 74.1 Å². The normalized spacial score (nSPS) is 17.6. The number of thiophene rings is 2. The molecule has 2 aliphatic heterocycles. The van der Waals surface area contributed by atoms with Crippen molar-refractivity contribution in [2.75, 3.05) is 45.9 Å². The third kappa shape index (κ3) is 6.30. The van der Waals surface area contributed by atoms with E-state index in [9.17, 15) is 9.59 Å². The first-order valence-electron chi connectivity index (χ1n) is 13.6. The molecule has 2 aliphatic rings. The Balaban J connectivity index is 1.30. The molecule has 6 nitrogen and oxygen atoms in total. The second-order valence-electron chi connectivity index (χ2n) is 10.4. The molecule has 5 rings (SSSR count). The molecule has 0 spiro atoms. The fourth-order valence-corrected chi connectivity index (χ4v) is 6.95. The number of likely N-dealkylation sites (tertiary alicyclic amines) is 1. The van der Waals surface area contributed by atoms with Crippen LogP contribution >= 0.6 is 22.7 Å². The van der Waals surface area contributed by atoms with E-state index in [2.05, 4.69) is 42.3 Å². The van der Waals surface area contributed by atoms with E-state index < -0.39 is 0 Å². The minimum Gasteiger partial charge on any atom is -0.491 e. The number of benzene rings is 1. The van der Waals surface area contributed by atoms with Crippen LogP contribution in [-0.4, -0.2) is 72.4 Å². The SMILES string of the molecule is CC(C)c1ccc(OCC2c3ccsc3CCN2C(=O)CN(CCN2CCCC2)C(=O)c2cccs2)cc1. The maximum absolute atomic E-state index is 13.8. The van der Waals surface area contributed by atoms with Gasteiger partial charge in [-0.25, -0.2) is 0 Å². The van der Waals surface area contributed by atoms with Crippen LogP contribution < -0.4 is 4.74 Å². The van der Waals surface area contributed by atoms with Crippen LogP contribution in [-0.2, 0) is 11.2 Å². The van der Waals surface area contributed by atoms with Gasteiger partial charge >= 0.3 is 0 Å². The van der Waals surface area contributed by atoms with Crippen molar-refractivity contribution >= 4 is 34.5 Å². The monoisotopic (exact) mass is 551 g/mol. The highest BCUT2D eigenvalue weighted by molar-refractivity contribution is 7.12. The molecule has 2 aromatic heterocycles. The van der Waals surface area contributed by atoms with Gasteiger partial charge in [0.2, 0.25) is 5.91 Å². The quantitative estimate of drug-likeness (QED) is 0.326. The van der Waals surface area contributed by atoms with E-state index in [0.717, 1.165) is 31.8 Å². The molecule has 1 unspecified atom stereocenters. The number of hydrogen-bond acceptors (Lipinski definition) is 6. The molecule has 2 amide bonds.